The van der Waals surface area contributed by atoms with Gasteiger partial charge in [-0.05, 0) is 38.8 Å². The zero-order valence-corrected chi connectivity index (χ0v) is 13.4. The third kappa shape index (κ3) is 7.71. The van der Waals surface area contributed by atoms with Crippen LogP contribution >= 0.6 is 0 Å². The van der Waals surface area contributed by atoms with E-state index in [0.29, 0.717) is 18.9 Å². The Morgan fingerprint density at radius 1 is 1.19 bits per heavy atom. The lowest BCUT2D eigenvalue weighted by molar-refractivity contribution is -0.127. The van der Waals surface area contributed by atoms with E-state index in [2.05, 4.69) is 12.2 Å². The fourth-order valence-corrected chi connectivity index (χ4v) is 1.75. The quantitative estimate of drug-likeness (QED) is 0.674. The summed E-state index contributed by atoms with van der Waals surface area (Å²) in [5, 5.41) is 2.86. The molecule has 0 aliphatic rings. The zero-order valence-electron chi connectivity index (χ0n) is 13.4. The second kappa shape index (κ2) is 10.2. The molecule has 0 spiro atoms. The van der Waals surface area contributed by atoms with Gasteiger partial charge in [0.25, 0.3) is 5.91 Å². The smallest absolute Gasteiger partial charge is 0.260 e. The number of ether oxygens (including phenoxy) is 2. The number of amides is 1. The second-order valence-corrected chi connectivity index (χ2v) is 5.18. The zero-order chi connectivity index (χ0) is 15.5. The van der Waals surface area contributed by atoms with E-state index < -0.39 is 6.10 Å². The lowest BCUT2D eigenvalue weighted by Crippen LogP contribution is -2.37. The van der Waals surface area contributed by atoms with E-state index in [1.807, 2.05) is 31.2 Å². The Labute approximate surface area is 127 Å². The standard InChI is InChI=1S/C17H27NO3/c1-4-5-12-20-13-6-11-18-17(19)15(3)21-16-9-7-14(2)8-10-16/h7-10,15H,4-6,11-13H2,1-3H3,(H,18,19). The minimum atomic E-state index is -0.492. The minimum Gasteiger partial charge on any atom is -0.481 e. The van der Waals surface area contributed by atoms with Gasteiger partial charge >= 0.3 is 0 Å². The van der Waals surface area contributed by atoms with Gasteiger partial charge in [0, 0.05) is 19.8 Å². The van der Waals surface area contributed by atoms with Crippen LogP contribution in [-0.2, 0) is 9.53 Å². The molecule has 0 saturated carbocycles. The van der Waals surface area contributed by atoms with Gasteiger partial charge in [0.2, 0.25) is 0 Å². The molecule has 4 nitrogen and oxygen atoms in total. The maximum Gasteiger partial charge on any atom is 0.260 e. The predicted octanol–water partition coefficient (Wildman–Crippen LogP) is 3.09. The summed E-state index contributed by atoms with van der Waals surface area (Å²) in [5.74, 6) is 0.621. The first-order chi connectivity index (χ1) is 10.1. The van der Waals surface area contributed by atoms with Crippen molar-refractivity contribution in [1.82, 2.24) is 5.32 Å². The third-order valence-electron chi connectivity index (χ3n) is 3.11. The predicted molar refractivity (Wildman–Crippen MR) is 84.6 cm³/mol. The summed E-state index contributed by atoms with van der Waals surface area (Å²) in [6.07, 6.45) is 2.57. The van der Waals surface area contributed by atoms with Crippen molar-refractivity contribution < 1.29 is 14.3 Å². The van der Waals surface area contributed by atoms with Crippen molar-refractivity contribution in [1.29, 1.82) is 0 Å². The number of aryl methyl sites for hydroxylation is 1. The van der Waals surface area contributed by atoms with Gasteiger partial charge in [-0.2, -0.15) is 0 Å². The molecule has 0 bridgehead atoms. The Morgan fingerprint density at radius 2 is 1.86 bits per heavy atom. The van der Waals surface area contributed by atoms with Gasteiger partial charge in [0.05, 0.1) is 0 Å². The van der Waals surface area contributed by atoms with Crippen molar-refractivity contribution in [2.45, 2.75) is 46.1 Å². The number of hydrogen-bond donors (Lipinski definition) is 1. The highest BCUT2D eigenvalue weighted by Crippen LogP contribution is 2.13. The number of rotatable bonds is 10. The Hall–Kier alpha value is -1.55. The fourth-order valence-electron chi connectivity index (χ4n) is 1.75. The Morgan fingerprint density at radius 3 is 2.52 bits per heavy atom. The molecule has 1 aromatic rings. The molecule has 1 unspecified atom stereocenters. The summed E-state index contributed by atoms with van der Waals surface area (Å²) < 4.78 is 11.0. The van der Waals surface area contributed by atoms with Crippen molar-refractivity contribution >= 4 is 5.91 Å². The average molecular weight is 293 g/mol. The average Bonchev–Trinajstić information content (AvgIpc) is 2.48. The Kier molecular flexibility index (Phi) is 8.51. The van der Waals surface area contributed by atoms with Crippen LogP contribution in [0.2, 0.25) is 0 Å². The van der Waals surface area contributed by atoms with Crippen LogP contribution in [-0.4, -0.2) is 31.8 Å². The van der Waals surface area contributed by atoms with Gasteiger partial charge in [0.1, 0.15) is 5.75 Å². The van der Waals surface area contributed by atoms with Crippen LogP contribution in [0.4, 0.5) is 0 Å². The van der Waals surface area contributed by atoms with Crippen LogP contribution < -0.4 is 10.1 Å². The van der Waals surface area contributed by atoms with Crippen molar-refractivity contribution in [2.75, 3.05) is 19.8 Å². The van der Waals surface area contributed by atoms with Gasteiger partial charge in [0.15, 0.2) is 6.10 Å². The molecule has 0 aromatic heterocycles. The van der Waals surface area contributed by atoms with E-state index in [-0.39, 0.29) is 5.91 Å². The monoisotopic (exact) mass is 293 g/mol. The first-order valence-corrected chi connectivity index (χ1v) is 7.72. The molecule has 0 saturated heterocycles. The topological polar surface area (TPSA) is 47.6 Å². The summed E-state index contributed by atoms with van der Waals surface area (Å²) >= 11 is 0. The van der Waals surface area contributed by atoms with Gasteiger partial charge in [-0.25, -0.2) is 0 Å². The molecule has 0 aliphatic heterocycles. The number of nitrogens with one attached hydrogen (secondary N) is 1. The molecule has 118 valence electrons. The highest BCUT2D eigenvalue weighted by Gasteiger charge is 2.13. The molecule has 0 aliphatic carbocycles. The van der Waals surface area contributed by atoms with Crippen LogP contribution in [0.1, 0.15) is 38.7 Å². The molecule has 1 N–H and O–H groups in total. The van der Waals surface area contributed by atoms with E-state index in [1.54, 1.807) is 6.92 Å². The SMILES string of the molecule is CCCCOCCCNC(=O)C(C)Oc1ccc(C)cc1. The maximum absolute atomic E-state index is 11.9. The largest absolute Gasteiger partial charge is 0.481 e. The van der Waals surface area contributed by atoms with E-state index in [4.69, 9.17) is 9.47 Å². The van der Waals surface area contributed by atoms with Gasteiger partial charge in [-0.3, -0.25) is 4.79 Å². The Balaban J connectivity index is 2.15. The number of unbranched alkanes of at least 4 members (excludes halogenated alkanes) is 1. The Bertz CT molecular complexity index is 403. The number of hydrogen-bond acceptors (Lipinski definition) is 3. The molecular formula is C17H27NO3. The van der Waals surface area contributed by atoms with Crippen molar-refractivity contribution in [2.24, 2.45) is 0 Å². The van der Waals surface area contributed by atoms with Crippen molar-refractivity contribution in [3.8, 4) is 5.75 Å². The highest BCUT2D eigenvalue weighted by molar-refractivity contribution is 5.80. The van der Waals surface area contributed by atoms with Crippen LogP contribution in [0, 0.1) is 6.92 Å². The molecule has 1 atom stereocenters. The molecule has 0 heterocycles. The maximum atomic E-state index is 11.9. The number of carbonyl (C=O) groups excluding carboxylic acids is 1. The summed E-state index contributed by atoms with van der Waals surface area (Å²) in [7, 11) is 0. The normalized spacial score (nSPS) is 12.0. The van der Waals surface area contributed by atoms with Crippen molar-refractivity contribution in [3.05, 3.63) is 29.8 Å². The van der Waals surface area contributed by atoms with Crippen LogP contribution in [0.25, 0.3) is 0 Å². The molecule has 1 aromatic carbocycles. The fraction of sp³-hybridized carbons (Fsp3) is 0.588. The van der Waals surface area contributed by atoms with Crippen LogP contribution in [0.3, 0.4) is 0 Å². The molecule has 21 heavy (non-hydrogen) atoms. The van der Waals surface area contributed by atoms with Crippen LogP contribution in [0.5, 0.6) is 5.75 Å². The van der Waals surface area contributed by atoms with Crippen molar-refractivity contribution in [3.63, 3.8) is 0 Å². The van der Waals surface area contributed by atoms with Gasteiger partial charge < -0.3 is 14.8 Å². The van der Waals surface area contributed by atoms with E-state index in [0.717, 1.165) is 25.9 Å². The highest BCUT2D eigenvalue weighted by atomic mass is 16.5. The third-order valence-corrected chi connectivity index (χ3v) is 3.11. The van der Waals surface area contributed by atoms with E-state index in [1.165, 1.54) is 5.56 Å². The summed E-state index contributed by atoms with van der Waals surface area (Å²) in [4.78, 5) is 11.9. The lowest BCUT2D eigenvalue weighted by Gasteiger charge is -2.14. The van der Waals surface area contributed by atoms with E-state index >= 15 is 0 Å². The minimum absolute atomic E-state index is 0.0934. The second-order valence-electron chi connectivity index (χ2n) is 5.18. The molecule has 1 amide bonds. The molecule has 0 fully saturated rings. The lowest BCUT2D eigenvalue weighted by atomic mass is 10.2. The molecule has 0 radical (unpaired) electrons. The molecule has 4 heteroatoms. The van der Waals surface area contributed by atoms with E-state index in [9.17, 15) is 4.79 Å². The summed E-state index contributed by atoms with van der Waals surface area (Å²) in [6.45, 7) is 8.02. The molecule has 1 rings (SSSR count). The first-order valence-electron chi connectivity index (χ1n) is 7.72. The summed E-state index contributed by atoms with van der Waals surface area (Å²) in [5.41, 5.74) is 1.17. The molecular weight excluding hydrogens is 266 g/mol. The number of benzene rings is 1. The number of carbonyl (C=O) groups is 1. The van der Waals surface area contributed by atoms with Crippen LogP contribution in [0.15, 0.2) is 24.3 Å². The summed E-state index contributed by atoms with van der Waals surface area (Å²) in [6, 6.07) is 7.68. The first kappa shape index (κ1) is 17.5. The van der Waals surface area contributed by atoms with Gasteiger partial charge in [-0.15, -0.1) is 0 Å². The van der Waals surface area contributed by atoms with Gasteiger partial charge in [-0.1, -0.05) is 31.0 Å².